The van der Waals surface area contributed by atoms with E-state index in [2.05, 4.69) is 33.3 Å². The van der Waals surface area contributed by atoms with Gasteiger partial charge in [-0.3, -0.25) is 4.90 Å². The van der Waals surface area contributed by atoms with Crippen LogP contribution in [0.5, 0.6) is 0 Å². The molecule has 0 aliphatic carbocycles. The van der Waals surface area contributed by atoms with Crippen LogP contribution in [0, 0.1) is 13.8 Å². The SMILES string of the molecule is Cc1nc(C)n(Cc2cccc(NC(=O)N3CCC(C)(N4CCCC4)CC3)c2)n1. The molecule has 156 valence electrons. The van der Waals surface area contributed by atoms with Crippen LogP contribution in [0.25, 0.3) is 0 Å². The molecule has 2 aliphatic heterocycles. The maximum absolute atomic E-state index is 12.8. The van der Waals surface area contributed by atoms with E-state index in [-0.39, 0.29) is 11.6 Å². The van der Waals surface area contributed by atoms with Gasteiger partial charge in [-0.15, -0.1) is 0 Å². The lowest BCUT2D eigenvalue weighted by Crippen LogP contribution is -2.54. The summed E-state index contributed by atoms with van der Waals surface area (Å²) in [5.41, 5.74) is 2.17. The number of carbonyl (C=O) groups is 1. The molecular weight excluding hydrogens is 364 g/mol. The second-order valence-electron chi connectivity index (χ2n) is 8.67. The molecule has 3 heterocycles. The zero-order chi connectivity index (χ0) is 20.4. The molecule has 0 unspecified atom stereocenters. The fourth-order valence-electron chi connectivity index (χ4n) is 4.60. The third-order valence-electron chi connectivity index (χ3n) is 6.47. The Labute approximate surface area is 173 Å². The molecule has 1 aromatic carbocycles. The predicted octanol–water partition coefficient (Wildman–Crippen LogP) is 3.43. The molecule has 2 aliphatic rings. The van der Waals surface area contributed by atoms with E-state index in [1.54, 1.807) is 0 Å². The van der Waals surface area contributed by atoms with E-state index in [4.69, 9.17) is 0 Å². The smallest absolute Gasteiger partial charge is 0.321 e. The third kappa shape index (κ3) is 4.45. The number of anilines is 1. The summed E-state index contributed by atoms with van der Waals surface area (Å²) in [6, 6.07) is 7.99. The van der Waals surface area contributed by atoms with Crippen molar-refractivity contribution in [3.63, 3.8) is 0 Å². The van der Waals surface area contributed by atoms with Crippen LogP contribution < -0.4 is 5.32 Å². The lowest BCUT2D eigenvalue weighted by molar-refractivity contribution is 0.0652. The van der Waals surface area contributed by atoms with Gasteiger partial charge in [0.25, 0.3) is 0 Å². The van der Waals surface area contributed by atoms with Crippen molar-refractivity contribution in [3.8, 4) is 0 Å². The minimum atomic E-state index is -0.00148. The number of aromatic nitrogens is 3. The van der Waals surface area contributed by atoms with Crippen LogP contribution >= 0.6 is 0 Å². The number of hydrogen-bond donors (Lipinski definition) is 1. The van der Waals surface area contributed by atoms with Gasteiger partial charge in [-0.2, -0.15) is 5.10 Å². The highest BCUT2D eigenvalue weighted by atomic mass is 16.2. The first-order valence-electron chi connectivity index (χ1n) is 10.7. The normalized spacial score (nSPS) is 19.5. The fourth-order valence-corrected chi connectivity index (χ4v) is 4.60. The van der Waals surface area contributed by atoms with E-state index in [9.17, 15) is 4.79 Å². The topological polar surface area (TPSA) is 66.3 Å². The molecule has 4 rings (SSSR count). The number of piperidine rings is 1. The molecule has 1 aromatic heterocycles. The van der Waals surface area contributed by atoms with Crippen LogP contribution in [0.15, 0.2) is 24.3 Å². The first kappa shape index (κ1) is 19.9. The van der Waals surface area contributed by atoms with Crippen molar-refractivity contribution < 1.29 is 4.79 Å². The lowest BCUT2D eigenvalue weighted by Gasteiger charge is -2.45. The van der Waals surface area contributed by atoms with Gasteiger partial charge in [-0.05, 0) is 77.2 Å². The number of hydrogen-bond acceptors (Lipinski definition) is 4. The molecule has 1 N–H and O–H groups in total. The summed E-state index contributed by atoms with van der Waals surface area (Å²) >= 11 is 0. The first-order valence-corrected chi connectivity index (χ1v) is 10.7. The van der Waals surface area contributed by atoms with E-state index < -0.39 is 0 Å². The molecule has 0 spiro atoms. The first-order chi connectivity index (χ1) is 13.9. The number of aryl methyl sites for hydroxylation is 2. The molecular formula is C22H32N6O. The molecule has 2 fully saturated rings. The Balaban J connectivity index is 1.35. The summed E-state index contributed by atoms with van der Waals surface area (Å²) in [5, 5.41) is 7.50. The van der Waals surface area contributed by atoms with Gasteiger partial charge in [-0.25, -0.2) is 14.5 Å². The quantitative estimate of drug-likeness (QED) is 0.860. The van der Waals surface area contributed by atoms with Gasteiger partial charge in [0, 0.05) is 24.3 Å². The molecule has 0 radical (unpaired) electrons. The maximum Gasteiger partial charge on any atom is 0.321 e. The number of nitrogens with zero attached hydrogens (tertiary/aromatic N) is 5. The summed E-state index contributed by atoms with van der Waals surface area (Å²) in [7, 11) is 0. The number of carbonyl (C=O) groups excluding carboxylic acids is 1. The van der Waals surface area contributed by atoms with Gasteiger partial charge in [-0.1, -0.05) is 12.1 Å². The van der Waals surface area contributed by atoms with Gasteiger partial charge in [0.15, 0.2) is 0 Å². The van der Waals surface area contributed by atoms with Crippen molar-refractivity contribution in [2.45, 2.75) is 58.5 Å². The zero-order valence-corrected chi connectivity index (χ0v) is 17.8. The molecule has 29 heavy (non-hydrogen) atoms. The largest absolute Gasteiger partial charge is 0.324 e. The van der Waals surface area contributed by atoms with Crippen molar-refractivity contribution in [1.29, 1.82) is 0 Å². The summed E-state index contributed by atoms with van der Waals surface area (Å²) < 4.78 is 1.89. The van der Waals surface area contributed by atoms with Crippen LogP contribution in [0.1, 0.15) is 49.8 Å². The van der Waals surface area contributed by atoms with Crippen LogP contribution in [0.3, 0.4) is 0 Å². The van der Waals surface area contributed by atoms with Gasteiger partial charge >= 0.3 is 6.03 Å². The third-order valence-corrected chi connectivity index (χ3v) is 6.47. The standard InChI is InChI=1S/C22H32N6O/c1-17-23-18(2)28(25-17)16-19-7-6-8-20(15-19)24-21(29)26-13-9-22(3,10-14-26)27-11-4-5-12-27/h6-8,15H,4-5,9-14,16H2,1-3H3,(H,24,29). The second kappa shape index (κ2) is 8.14. The Morgan fingerprint density at radius 2 is 1.86 bits per heavy atom. The number of rotatable bonds is 4. The Morgan fingerprint density at radius 3 is 2.52 bits per heavy atom. The molecule has 7 heteroatoms. The van der Waals surface area contributed by atoms with E-state index in [1.807, 2.05) is 41.6 Å². The Morgan fingerprint density at radius 1 is 1.14 bits per heavy atom. The monoisotopic (exact) mass is 396 g/mol. The highest BCUT2D eigenvalue weighted by Crippen LogP contribution is 2.31. The van der Waals surface area contributed by atoms with E-state index >= 15 is 0 Å². The summed E-state index contributed by atoms with van der Waals surface area (Å²) in [6.07, 6.45) is 4.71. The van der Waals surface area contributed by atoms with Crippen molar-refractivity contribution in [2.75, 3.05) is 31.5 Å². The summed E-state index contributed by atoms with van der Waals surface area (Å²) in [5.74, 6) is 1.67. The number of amides is 2. The Bertz CT molecular complexity index is 862. The maximum atomic E-state index is 12.8. The van der Waals surface area contributed by atoms with Crippen LogP contribution in [-0.4, -0.2) is 62.3 Å². The van der Waals surface area contributed by atoms with Gasteiger partial charge < -0.3 is 10.2 Å². The van der Waals surface area contributed by atoms with Crippen LogP contribution in [0.2, 0.25) is 0 Å². The lowest BCUT2D eigenvalue weighted by atomic mass is 9.88. The number of urea groups is 1. The molecule has 2 amide bonds. The summed E-state index contributed by atoms with van der Waals surface area (Å²) in [6.45, 7) is 10.9. The minimum Gasteiger partial charge on any atom is -0.324 e. The van der Waals surface area contributed by atoms with Crippen molar-refractivity contribution >= 4 is 11.7 Å². The number of benzene rings is 1. The second-order valence-corrected chi connectivity index (χ2v) is 8.67. The van der Waals surface area contributed by atoms with Crippen molar-refractivity contribution in [3.05, 3.63) is 41.5 Å². The highest BCUT2D eigenvalue weighted by Gasteiger charge is 2.37. The Hall–Kier alpha value is -2.41. The molecule has 7 nitrogen and oxygen atoms in total. The van der Waals surface area contributed by atoms with Crippen LogP contribution in [-0.2, 0) is 6.54 Å². The van der Waals surface area contributed by atoms with E-state index in [1.165, 1.54) is 25.9 Å². The predicted molar refractivity (Wildman–Crippen MR) is 114 cm³/mol. The fraction of sp³-hybridized carbons (Fsp3) is 0.591. The molecule has 0 atom stereocenters. The average Bonchev–Trinajstić information content (AvgIpc) is 3.33. The summed E-state index contributed by atoms with van der Waals surface area (Å²) in [4.78, 5) is 21.7. The molecule has 0 bridgehead atoms. The van der Waals surface area contributed by atoms with Crippen molar-refractivity contribution in [2.24, 2.45) is 0 Å². The van der Waals surface area contributed by atoms with E-state index in [0.717, 1.165) is 48.8 Å². The zero-order valence-electron chi connectivity index (χ0n) is 17.8. The molecule has 0 saturated carbocycles. The highest BCUT2D eigenvalue weighted by molar-refractivity contribution is 5.89. The molecule has 2 saturated heterocycles. The minimum absolute atomic E-state index is 0.00148. The Kier molecular flexibility index (Phi) is 5.58. The van der Waals surface area contributed by atoms with Crippen molar-refractivity contribution in [1.82, 2.24) is 24.6 Å². The average molecular weight is 397 g/mol. The van der Waals surface area contributed by atoms with Gasteiger partial charge in [0.1, 0.15) is 11.6 Å². The number of nitrogens with one attached hydrogen (secondary N) is 1. The van der Waals surface area contributed by atoms with Gasteiger partial charge in [0.05, 0.1) is 6.54 Å². The van der Waals surface area contributed by atoms with Crippen LogP contribution in [0.4, 0.5) is 10.5 Å². The molecule has 2 aromatic rings. The van der Waals surface area contributed by atoms with Gasteiger partial charge in [0.2, 0.25) is 0 Å². The number of likely N-dealkylation sites (tertiary alicyclic amines) is 2. The van der Waals surface area contributed by atoms with E-state index in [0.29, 0.717) is 6.54 Å².